The minimum Gasteiger partial charge on any atom is -0.495 e. The predicted octanol–water partition coefficient (Wildman–Crippen LogP) is 2.72. The molecule has 1 fully saturated rings. The van der Waals surface area contributed by atoms with Crippen LogP contribution >= 0.6 is 11.6 Å². The van der Waals surface area contributed by atoms with Gasteiger partial charge < -0.3 is 10.1 Å². The van der Waals surface area contributed by atoms with Gasteiger partial charge in [-0.2, -0.15) is 0 Å². The molecule has 0 saturated heterocycles. The predicted molar refractivity (Wildman–Crippen MR) is 62.2 cm³/mol. The lowest BCUT2D eigenvalue weighted by molar-refractivity contribution is -0.123. The Morgan fingerprint density at radius 3 is 2.75 bits per heavy atom. The maximum absolute atomic E-state index is 12.0. The average molecular weight is 238 g/mol. The third kappa shape index (κ3) is 1.02. The molecule has 2 aliphatic rings. The highest BCUT2D eigenvalue weighted by atomic mass is 35.5. The Morgan fingerprint density at radius 2 is 2.19 bits per heavy atom. The maximum atomic E-state index is 12.0. The van der Waals surface area contributed by atoms with E-state index in [9.17, 15) is 4.79 Å². The van der Waals surface area contributed by atoms with Crippen molar-refractivity contribution in [3.05, 3.63) is 22.7 Å². The van der Waals surface area contributed by atoms with Gasteiger partial charge in [-0.15, -0.1) is 0 Å². The van der Waals surface area contributed by atoms with Crippen LogP contribution in [0.5, 0.6) is 5.75 Å². The van der Waals surface area contributed by atoms with Gasteiger partial charge >= 0.3 is 0 Å². The van der Waals surface area contributed by atoms with E-state index in [4.69, 9.17) is 16.3 Å². The van der Waals surface area contributed by atoms with Crippen LogP contribution in [0.15, 0.2) is 12.1 Å². The van der Waals surface area contributed by atoms with Crippen molar-refractivity contribution in [2.45, 2.75) is 24.7 Å². The Morgan fingerprint density at radius 1 is 1.44 bits per heavy atom. The van der Waals surface area contributed by atoms with Crippen molar-refractivity contribution in [1.29, 1.82) is 0 Å². The molecule has 3 rings (SSSR count). The molecule has 0 atom stereocenters. The van der Waals surface area contributed by atoms with Crippen molar-refractivity contribution < 1.29 is 9.53 Å². The summed E-state index contributed by atoms with van der Waals surface area (Å²) in [7, 11) is 1.60. The summed E-state index contributed by atoms with van der Waals surface area (Å²) in [6, 6.07) is 3.60. The van der Waals surface area contributed by atoms with Crippen LogP contribution in [0.4, 0.5) is 5.69 Å². The summed E-state index contributed by atoms with van der Waals surface area (Å²) in [6.45, 7) is 0. The highest BCUT2D eigenvalue weighted by Crippen LogP contribution is 2.55. The molecule has 1 amide bonds. The van der Waals surface area contributed by atoms with Crippen LogP contribution in [0.3, 0.4) is 0 Å². The fourth-order valence-electron chi connectivity index (χ4n) is 2.67. The molecule has 1 aromatic carbocycles. The standard InChI is InChI=1S/C12H12ClNO2/c1-16-8-4-3-7(13)9-10(8)14-11(15)12(9)5-2-6-12/h3-4H,2,5-6H2,1H3,(H,14,15). The highest BCUT2D eigenvalue weighted by Gasteiger charge is 2.53. The van der Waals surface area contributed by atoms with Gasteiger partial charge in [0.2, 0.25) is 5.91 Å². The second-order valence-electron chi connectivity index (χ2n) is 4.39. The number of nitrogens with one attached hydrogen (secondary N) is 1. The first-order valence-electron chi connectivity index (χ1n) is 5.37. The van der Waals surface area contributed by atoms with E-state index in [1.165, 1.54) is 0 Å². The molecule has 1 heterocycles. The molecule has 16 heavy (non-hydrogen) atoms. The van der Waals surface area contributed by atoms with Crippen LogP contribution in [0, 0.1) is 0 Å². The van der Waals surface area contributed by atoms with E-state index in [-0.39, 0.29) is 11.3 Å². The van der Waals surface area contributed by atoms with Crippen molar-refractivity contribution in [2.75, 3.05) is 12.4 Å². The summed E-state index contributed by atoms with van der Waals surface area (Å²) in [5.74, 6) is 0.761. The van der Waals surface area contributed by atoms with E-state index in [1.54, 1.807) is 19.2 Å². The number of benzene rings is 1. The first-order valence-corrected chi connectivity index (χ1v) is 5.75. The van der Waals surface area contributed by atoms with Gasteiger partial charge in [0.15, 0.2) is 0 Å². The zero-order valence-corrected chi connectivity index (χ0v) is 9.73. The van der Waals surface area contributed by atoms with Crippen molar-refractivity contribution >= 4 is 23.2 Å². The Labute approximate surface area is 98.7 Å². The van der Waals surface area contributed by atoms with Crippen LogP contribution < -0.4 is 10.1 Å². The lowest BCUT2D eigenvalue weighted by Crippen LogP contribution is -2.41. The molecule has 1 spiro atoms. The molecule has 0 aromatic heterocycles. The monoisotopic (exact) mass is 237 g/mol. The van der Waals surface area contributed by atoms with Crippen LogP contribution in [0.2, 0.25) is 5.02 Å². The van der Waals surface area contributed by atoms with E-state index < -0.39 is 0 Å². The first kappa shape index (κ1) is 9.97. The zero-order chi connectivity index (χ0) is 11.3. The lowest BCUT2D eigenvalue weighted by atomic mass is 9.65. The van der Waals surface area contributed by atoms with Crippen LogP contribution in [-0.4, -0.2) is 13.0 Å². The van der Waals surface area contributed by atoms with Gasteiger partial charge in [-0.3, -0.25) is 4.79 Å². The van der Waals surface area contributed by atoms with Crippen molar-refractivity contribution in [3.63, 3.8) is 0 Å². The Balaban J connectivity index is 2.24. The molecule has 0 radical (unpaired) electrons. The van der Waals surface area contributed by atoms with Gasteiger partial charge in [-0.25, -0.2) is 0 Å². The fourth-order valence-corrected chi connectivity index (χ4v) is 3.01. The van der Waals surface area contributed by atoms with Crippen LogP contribution in [0.25, 0.3) is 0 Å². The van der Waals surface area contributed by atoms with Gasteiger partial charge in [0.1, 0.15) is 5.75 Å². The second kappa shape index (κ2) is 3.14. The topological polar surface area (TPSA) is 38.3 Å². The van der Waals surface area contributed by atoms with E-state index in [0.29, 0.717) is 10.8 Å². The molecular weight excluding hydrogens is 226 g/mol. The van der Waals surface area contributed by atoms with E-state index in [1.807, 2.05) is 0 Å². The highest BCUT2D eigenvalue weighted by molar-refractivity contribution is 6.33. The largest absolute Gasteiger partial charge is 0.495 e. The Bertz CT molecular complexity index is 480. The molecule has 1 N–H and O–H groups in total. The van der Waals surface area contributed by atoms with Crippen molar-refractivity contribution in [3.8, 4) is 5.75 Å². The number of amides is 1. The van der Waals surface area contributed by atoms with Gasteiger partial charge in [0, 0.05) is 10.6 Å². The summed E-state index contributed by atoms with van der Waals surface area (Å²) in [5.41, 5.74) is 1.32. The number of carbonyl (C=O) groups is 1. The van der Waals surface area contributed by atoms with Gasteiger partial charge in [0.05, 0.1) is 18.2 Å². The number of ether oxygens (including phenoxy) is 1. The van der Waals surface area contributed by atoms with Gasteiger partial charge in [-0.1, -0.05) is 18.0 Å². The van der Waals surface area contributed by atoms with Crippen molar-refractivity contribution in [1.82, 2.24) is 0 Å². The SMILES string of the molecule is COc1ccc(Cl)c2c1NC(=O)C21CCC1. The minimum atomic E-state index is -0.374. The summed E-state index contributed by atoms with van der Waals surface area (Å²) in [6.07, 6.45) is 2.86. The normalized spacial score (nSPS) is 20.2. The van der Waals surface area contributed by atoms with E-state index >= 15 is 0 Å². The number of hydrogen-bond donors (Lipinski definition) is 1. The summed E-state index contributed by atoms with van der Waals surface area (Å²) < 4.78 is 5.25. The number of carbonyl (C=O) groups excluding carboxylic acids is 1. The third-order valence-electron chi connectivity index (χ3n) is 3.70. The van der Waals surface area contributed by atoms with E-state index in [2.05, 4.69) is 5.32 Å². The number of rotatable bonds is 1. The minimum absolute atomic E-state index is 0.0696. The Kier molecular flexibility index (Phi) is 1.96. The van der Waals surface area contributed by atoms with E-state index in [0.717, 1.165) is 30.5 Å². The number of anilines is 1. The smallest absolute Gasteiger partial charge is 0.235 e. The molecule has 3 nitrogen and oxygen atoms in total. The van der Waals surface area contributed by atoms with Crippen molar-refractivity contribution in [2.24, 2.45) is 0 Å². The van der Waals surface area contributed by atoms with Crippen LogP contribution in [0.1, 0.15) is 24.8 Å². The quantitative estimate of drug-likeness (QED) is 0.816. The summed E-state index contributed by atoms with van der Waals surface area (Å²) in [4.78, 5) is 12.0. The average Bonchev–Trinajstić information content (AvgIpc) is 2.52. The Hall–Kier alpha value is -1.22. The number of halogens is 1. The molecule has 0 bridgehead atoms. The molecule has 1 aliphatic carbocycles. The van der Waals surface area contributed by atoms with Gasteiger partial charge in [0.25, 0.3) is 0 Å². The second-order valence-corrected chi connectivity index (χ2v) is 4.80. The molecule has 1 aliphatic heterocycles. The molecule has 1 aromatic rings. The van der Waals surface area contributed by atoms with Gasteiger partial charge in [-0.05, 0) is 25.0 Å². The molecule has 84 valence electrons. The fraction of sp³-hybridized carbons (Fsp3) is 0.417. The maximum Gasteiger partial charge on any atom is 0.235 e. The molecule has 4 heteroatoms. The lowest BCUT2D eigenvalue weighted by Gasteiger charge is -2.36. The summed E-state index contributed by atoms with van der Waals surface area (Å²) >= 11 is 6.21. The number of fused-ring (bicyclic) bond motifs is 2. The zero-order valence-electron chi connectivity index (χ0n) is 8.97. The van der Waals surface area contributed by atoms with Crippen LogP contribution in [-0.2, 0) is 10.2 Å². The number of methoxy groups -OCH3 is 1. The third-order valence-corrected chi connectivity index (χ3v) is 4.01. The summed E-state index contributed by atoms with van der Waals surface area (Å²) in [5, 5.41) is 3.56. The molecular formula is C12H12ClNO2. The molecule has 0 unspecified atom stereocenters. The number of hydrogen-bond acceptors (Lipinski definition) is 2. The molecule has 1 saturated carbocycles. The first-order chi connectivity index (χ1) is 7.69.